The Hall–Kier alpha value is -2.21. The highest BCUT2D eigenvalue weighted by Gasteiger charge is 2.11. The van der Waals surface area contributed by atoms with E-state index in [0.717, 1.165) is 11.3 Å². The average molecular weight is 352 g/mol. The zero-order valence-electron chi connectivity index (χ0n) is 14.1. The van der Waals surface area contributed by atoms with Gasteiger partial charge < -0.3 is 14.8 Å². The monoisotopic (exact) mass is 351 g/mol. The summed E-state index contributed by atoms with van der Waals surface area (Å²) in [5.74, 6) is 1.24. The van der Waals surface area contributed by atoms with Crippen LogP contribution in [0.2, 0.25) is 5.02 Å². The lowest BCUT2D eigenvalue weighted by molar-refractivity contribution is -0.120. The Morgan fingerprint density at radius 1 is 1.25 bits per heavy atom. The molecule has 24 heavy (non-hydrogen) atoms. The number of aryl methyl sites for hydroxylation is 1. The number of ether oxygens (including phenoxy) is 2. The van der Waals surface area contributed by atoms with Gasteiger partial charge in [-0.3, -0.25) is 9.48 Å². The van der Waals surface area contributed by atoms with Gasteiger partial charge in [-0.1, -0.05) is 17.7 Å². The zero-order chi connectivity index (χ0) is 17.5. The number of rotatable bonds is 8. The second-order valence-corrected chi connectivity index (χ2v) is 5.57. The normalized spacial score (nSPS) is 10.5. The predicted molar refractivity (Wildman–Crippen MR) is 92.5 cm³/mol. The fourth-order valence-corrected chi connectivity index (χ4v) is 2.50. The van der Waals surface area contributed by atoms with Gasteiger partial charge in [-0.15, -0.1) is 0 Å². The molecule has 0 aliphatic rings. The number of benzene rings is 1. The summed E-state index contributed by atoms with van der Waals surface area (Å²) in [6.45, 7) is 5.26. The van der Waals surface area contributed by atoms with Gasteiger partial charge in [0.1, 0.15) is 0 Å². The molecule has 1 aromatic carbocycles. The van der Waals surface area contributed by atoms with Crippen molar-refractivity contribution in [2.45, 2.75) is 26.8 Å². The van der Waals surface area contributed by atoms with Gasteiger partial charge in [-0.05, 0) is 31.5 Å². The Morgan fingerprint density at radius 3 is 2.58 bits per heavy atom. The van der Waals surface area contributed by atoms with E-state index in [1.54, 1.807) is 17.9 Å². The number of nitrogens with zero attached hydrogens (tertiary/aromatic N) is 2. The standard InChI is InChI=1S/C17H22ClN3O3/c1-4-23-15-7-6-12(8-16(15)24-5-2)9-17(22)19-11-14-13(18)10-20-21(14)3/h6-8,10H,4-5,9,11H2,1-3H3,(H,19,22). The van der Waals surface area contributed by atoms with Gasteiger partial charge in [0.25, 0.3) is 0 Å². The van der Waals surface area contributed by atoms with Gasteiger partial charge in [0.05, 0.1) is 43.1 Å². The molecule has 0 saturated heterocycles. The summed E-state index contributed by atoms with van der Waals surface area (Å²) in [5.41, 5.74) is 1.63. The Kier molecular flexibility index (Phi) is 6.49. The molecule has 0 aliphatic carbocycles. The average Bonchev–Trinajstić information content (AvgIpc) is 2.87. The van der Waals surface area contributed by atoms with Crippen LogP contribution >= 0.6 is 11.6 Å². The first-order valence-electron chi connectivity index (χ1n) is 7.86. The minimum Gasteiger partial charge on any atom is -0.490 e. The van der Waals surface area contributed by atoms with E-state index in [9.17, 15) is 4.79 Å². The van der Waals surface area contributed by atoms with E-state index in [2.05, 4.69) is 10.4 Å². The summed E-state index contributed by atoms with van der Waals surface area (Å²) >= 11 is 6.03. The Bertz CT molecular complexity index is 681. The summed E-state index contributed by atoms with van der Waals surface area (Å²) in [4.78, 5) is 12.2. The quantitative estimate of drug-likeness (QED) is 0.794. The van der Waals surface area contributed by atoms with Gasteiger partial charge in [0.15, 0.2) is 11.5 Å². The molecular weight excluding hydrogens is 330 g/mol. The Labute approximate surface area is 146 Å². The van der Waals surface area contributed by atoms with Crippen molar-refractivity contribution in [1.82, 2.24) is 15.1 Å². The molecule has 0 atom stereocenters. The maximum atomic E-state index is 12.2. The smallest absolute Gasteiger partial charge is 0.224 e. The highest BCUT2D eigenvalue weighted by Crippen LogP contribution is 2.28. The number of halogens is 1. The predicted octanol–water partition coefficient (Wildman–Crippen LogP) is 2.73. The van der Waals surface area contributed by atoms with Crippen LogP contribution in [0.5, 0.6) is 11.5 Å². The molecule has 0 fully saturated rings. The van der Waals surface area contributed by atoms with Crippen molar-refractivity contribution in [1.29, 1.82) is 0 Å². The molecule has 0 spiro atoms. The van der Waals surface area contributed by atoms with E-state index in [1.165, 1.54) is 0 Å². The van der Waals surface area contributed by atoms with Crippen LogP contribution in [0.25, 0.3) is 0 Å². The first-order chi connectivity index (χ1) is 11.5. The van der Waals surface area contributed by atoms with E-state index in [1.807, 2.05) is 32.0 Å². The maximum Gasteiger partial charge on any atom is 0.224 e. The fraction of sp³-hybridized carbons (Fsp3) is 0.412. The van der Waals surface area contributed by atoms with E-state index in [-0.39, 0.29) is 12.3 Å². The summed E-state index contributed by atoms with van der Waals surface area (Å²) in [5, 5.41) is 7.43. The first kappa shape index (κ1) is 18.1. The molecule has 1 aromatic heterocycles. The van der Waals surface area contributed by atoms with Crippen LogP contribution in [0, 0.1) is 0 Å². The largest absolute Gasteiger partial charge is 0.490 e. The van der Waals surface area contributed by atoms with E-state index < -0.39 is 0 Å². The number of carbonyl (C=O) groups is 1. The van der Waals surface area contributed by atoms with Gasteiger partial charge in [-0.2, -0.15) is 5.10 Å². The van der Waals surface area contributed by atoms with Gasteiger partial charge in [0, 0.05) is 7.05 Å². The molecule has 2 aromatic rings. The summed E-state index contributed by atoms with van der Waals surface area (Å²) in [6.07, 6.45) is 1.81. The van der Waals surface area contributed by atoms with Crippen LogP contribution in [0.15, 0.2) is 24.4 Å². The van der Waals surface area contributed by atoms with E-state index in [0.29, 0.717) is 36.3 Å². The molecule has 1 amide bonds. The van der Waals surface area contributed by atoms with Crippen molar-refractivity contribution in [3.05, 3.63) is 40.7 Å². The third-order valence-electron chi connectivity index (χ3n) is 3.44. The van der Waals surface area contributed by atoms with Crippen LogP contribution in [0.3, 0.4) is 0 Å². The maximum absolute atomic E-state index is 12.2. The van der Waals surface area contributed by atoms with E-state index >= 15 is 0 Å². The first-order valence-corrected chi connectivity index (χ1v) is 8.24. The molecule has 0 bridgehead atoms. The van der Waals surface area contributed by atoms with Crippen LogP contribution in [-0.2, 0) is 24.8 Å². The van der Waals surface area contributed by atoms with Crippen LogP contribution in [-0.4, -0.2) is 28.9 Å². The number of carbonyl (C=O) groups excluding carboxylic acids is 1. The topological polar surface area (TPSA) is 65.4 Å². The Morgan fingerprint density at radius 2 is 1.96 bits per heavy atom. The summed E-state index contributed by atoms with van der Waals surface area (Å²) < 4.78 is 12.7. The minimum atomic E-state index is -0.0983. The molecule has 0 saturated carbocycles. The highest BCUT2D eigenvalue weighted by molar-refractivity contribution is 6.31. The second-order valence-electron chi connectivity index (χ2n) is 5.16. The van der Waals surface area contributed by atoms with Gasteiger partial charge >= 0.3 is 0 Å². The number of amides is 1. The van der Waals surface area contributed by atoms with Gasteiger partial charge in [0.2, 0.25) is 5.91 Å². The number of aromatic nitrogens is 2. The lowest BCUT2D eigenvalue weighted by Gasteiger charge is -2.12. The SMILES string of the molecule is CCOc1ccc(CC(=O)NCc2c(Cl)cnn2C)cc1OCC. The van der Waals surface area contributed by atoms with Crippen molar-refractivity contribution in [3.8, 4) is 11.5 Å². The molecule has 0 unspecified atom stereocenters. The number of hydrogen-bond donors (Lipinski definition) is 1. The molecule has 7 heteroatoms. The summed E-state index contributed by atoms with van der Waals surface area (Å²) in [7, 11) is 1.79. The molecule has 1 N–H and O–H groups in total. The number of nitrogens with one attached hydrogen (secondary N) is 1. The lowest BCUT2D eigenvalue weighted by atomic mass is 10.1. The summed E-state index contributed by atoms with van der Waals surface area (Å²) in [6, 6.07) is 5.53. The molecule has 1 heterocycles. The minimum absolute atomic E-state index is 0.0983. The molecule has 2 rings (SSSR count). The van der Waals surface area contributed by atoms with Gasteiger partial charge in [-0.25, -0.2) is 0 Å². The van der Waals surface area contributed by atoms with Crippen molar-refractivity contribution in [3.63, 3.8) is 0 Å². The van der Waals surface area contributed by atoms with Crippen molar-refractivity contribution < 1.29 is 14.3 Å². The highest BCUT2D eigenvalue weighted by atomic mass is 35.5. The van der Waals surface area contributed by atoms with Crippen LogP contribution < -0.4 is 14.8 Å². The second kappa shape index (κ2) is 8.59. The van der Waals surface area contributed by atoms with Crippen LogP contribution in [0.1, 0.15) is 25.1 Å². The molecule has 6 nitrogen and oxygen atoms in total. The lowest BCUT2D eigenvalue weighted by Crippen LogP contribution is -2.25. The number of hydrogen-bond acceptors (Lipinski definition) is 4. The van der Waals surface area contributed by atoms with E-state index in [4.69, 9.17) is 21.1 Å². The fourth-order valence-electron chi connectivity index (χ4n) is 2.27. The van der Waals surface area contributed by atoms with Crippen molar-refractivity contribution in [2.75, 3.05) is 13.2 Å². The molecule has 0 aliphatic heterocycles. The third kappa shape index (κ3) is 4.64. The molecule has 130 valence electrons. The molecule has 0 radical (unpaired) electrons. The van der Waals surface area contributed by atoms with Crippen molar-refractivity contribution >= 4 is 17.5 Å². The van der Waals surface area contributed by atoms with Crippen molar-refractivity contribution in [2.24, 2.45) is 7.05 Å². The Balaban J connectivity index is 1.99. The molecular formula is C17H22ClN3O3. The zero-order valence-corrected chi connectivity index (χ0v) is 14.9. The third-order valence-corrected chi connectivity index (χ3v) is 3.75. The van der Waals surface area contributed by atoms with Crippen LogP contribution in [0.4, 0.5) is 0 Å².